The number of aryl methyl sites for hydroxylation is 1. The van der Waals surface area contributed by atoms with E-state index >= 15 is 0 Å². The van der Waals surface area contributed by atoms with Gasteiger partial charge in [-0.25, -0.2) is 17.9 Å². The van der Waals surface area contributed by atoms with Crippen LogP contribution in [0.3, 0.4) is 0 Å². The Morgan fingerprint density at radius 1 is 1.26 bits per heavy atom. The van der Waals surface area contributed by atoms with E-state index in [4.69, 9.17) is 0 Å². The summed E-state index contributed by atoms with van der Waals surface area (Å²) in [6, 6.07) is 11.1. The zero-order valence-corrected chi connectivity index (χ0v) is 14.6. The molecule has 1 aromatic carbocycles. The van der Waals surface area contributed by atoms with E-state index < -0.39 is 16.0 Å². The molecule has 0 radical (unpaired) electrons. The predicted molar refractivity (Wildman–Crippen MR) is 90.2 cm³/mol. The molecule has 0 saturated heterocycles. The minimum atomic E-state index is -3.75. The van der Waals surface area contributed by atoms with E-state index in [2.05, 4.69) is 9.46 Å². The molecule has 5 nitrogen and oxygen atoms in total. The van der Waals surface area contributed by atoms with Crippen LogP contribution < -0.4 is 4.72 Å². The van der Waals surface area contributed by atoms with Gasteiger partial charge < -0.3 is 4.74 Å². The molecule has 1 heterocycles. The molecular formula is C16H19NO4S2. The van der Waals surface area contributed by atoms with Crippen LogP contribution in [0.4, 0.5) is 0 Å². The molecule has 2 rings (SSSR count). The summed E-state index contributed by atoms with van der Waals surface area (Å²) in [5, 5.41) is 1.56. The van der Waals surface area contributed by atoms with Gasteiger partial charge in [0.15, 0.2) is 0 Å². The molecule has 1 N–H and O–H groups in total. The molecule has 0 spiro atoms. The van der Waals surface area contributed by atoms with Gasteiger partial charge in [0.05, 0.1) is 7.11 Å². The van der Waals surface area contributed by atoms with Gasteiger partial charge in [-0.2, -0.15) is 0 Å². The third kappa shape index (κ3) is 4.63. The second-order valence-electron chi connectivity index (χ2n) is 5.15. The Kier molecular flexibility index (Phi) is 5.92. The predicted octanol–water partition coefficient (Wildman–Crippen LogP) is 2.83. The lowest BCUT2D eigenvalue weighted by Gasteiger charge is -2.14. The van der Waals surface area contributed by atoms with Crippen molar-refractivity contribution < 1.29 is 17.9 Å². The van der Waals surface area contributed by atoms with Gasteiger partial charge >= 0.3 is 5.97 Å². The van der Waals surface area contributed by atoms with Crippen LogP contribution in [-0.4, -0.2) is 27.5 Å². The molecule has 0 fully saturated rings. The summed E-state index contributed by atoms with van der Waals surface area (Å²) in [4.78, 5) is 11.7. The Labute approximate surface area is 140 Å². The van der Waals surface area contributed by atoms with Crippen molar-refractivity contribution in [2.75, 3.05) is 7.11 Å². The van der Waals surface area contributed by atoms with Gasteiger partial charge in [0.1, 0.15) is 9.77 Å². The van der Waals surface area contributed by atoms with Crippen molar-refractivity contribution >= 4 is 27.3 Å². The lowest BCUT2D eigenvalue weighted by Crippen LogP contribution is -2.33. The van der Waals surface area contributed by atoms with Gasteiger partial charge in [-0.1, -0.05) is 30.3 Å². The van der Waals surface area contributed by atoms with E-state index in [-0.39, 0.29) is 15.8 Å². The van der Waals surface area contributed by atoms with E-state index in [9.17, 15) is 13.2 Å². The van der Waals surface area contributed by atoms with Crippen molar-refractivity contribution in [1.82, 2.24) is 4.72 Å². The Hall–Kier alpha value is -1.70. The molecule has 7 heteroatoms. The molecule has 23 heavy (non-hydrogen) atoms. The van der Waals surface area contributed by atoms with Gasteiger partial charge in [-0.05, 0) is 36.8 Å². The van der Waals surface area contributed by atoms with Crippen LogP contribution in [0.5, 0.6) is 0 Å². The summed E-state index contributed by atoms with van der Waals surface area (Å²) in [7, 11) is -2.52. The van der Waals surface area contributed by atoms with E-state index in [1.807, 2.05) is 37.3 Å². The molecule has 0 amide bonds. The molecule has 0 bridgehead atoms. The monoisotopic (exact) mass is 353 g/mol. The number of carbonyl (C=O) groups is 1. The first-order valence-corrected chi connectivity index (χ1v) is 9.52. The quantitative estimate of drug-likeness (QED) is 0.777. The second kappa shape index (κ2) is 7.72. The number of thiophene rings is 1. The van der Waals surface area contributed by atoms with Gasteiger partial charge in [0, 0.05) is 6.04 Å². The number of esters is 1. The van der Waals surface area contributed by atoms with Crippen LogP contribution in [0, 0.1) is 0 Å². The van der Waals surface area contributed by atoms with Crippen molar-refractivity contribution in [3.8, 4) is 0 Å². The maximum atomic E-state index is 12.4. The summed E-state index contributed by atoms with van der Waals surface area (Å²) in [6.07, 6.45) is 1.44. The van der Waals surface area contributed by atoms with Crippen molar-refractivity contribution in [3.63, 3.8) is 0 Å². The zero-order chi connectivity index (χ0) is 16.9. The Morgan fingerprint density at radius 2 is 1.96 bits per heavy atom. The fraction of sp³-hybridized carbons (Fsp3) is 0.312. The summed E-state index contributed by atoms with van der Waals surface area (Å²) >= 11 is 1.05. The molecule has 1 unspecified atom stereocenters. The minimum Gasteiger partial charge on any atom is -0.465 e. The highest BCUT2D eigenvalue weighted by Crippen LogP contribution is 2.23. The summed E-state index contributed by atoms with van der Waals surface area (Å²) < 4.78 is 32.1. The Morgan fingerprint density at radius 3 is 2.61 bits per heavy atom. The highest BCUT2D eigenvalue weighted by molar-refractivity contribution is 7.89. The number of rotatable bonds is 7. The van der Waals surface area contributed by atoms with Gasteiger partial charge in [0.25, 0.3) is 0 Å². The van der Waals surface area contributed by atoms with Crippen LogP contribution in [0.1, 0.15) is 28.6 Å². The smallest absolute Gasteiger partial charge is 0.349 e. The third-order valence-corrected chi connectivity index (χ3v) is 6.01. The lowest BCUT2D eigenvalue weighted by atomic mass is 10.1. The van der Waals surface area contributed by atoms with Gasteiger partial charge in [-0.15, -0.1) is 11.3 Å². The van der Waals surface area contributed by atoms with Crippen molar-refractivity contribution in [2.24, 2.45) is 0 Å². The average molecular weight is 353 g/mol. The molecule has 0 aliphatic heterocycles. The topological polar surface area (TPSA) is 72.5 Å². The number of nitrogens with one attached hydrogen (secondary N) is 1. The number of hydrogen-bond donors (Lipinski definition) is 1. The molecule has 1 atom stereocenters. The summed E-state index contributed by atoms with van der Waals surface area (Å²) in [5.74, 6) is -0.641. The maximum Gasteiger partial charge on any atom is 0.349 e. The summed E-state index contributed by atoms with van der Waals surface area (Å²) in [6.45, 7) is 1.81. The van der Waals surface area contributed by atoms with Crippen molar-refractivity contribution in [2.45, 2.75) is 30.7 Å². The fourth-order valence-electron chi connectivity index (χ4n) is 2.17. The number of sulfonamides is 1. The lowest BCUT2D eigenvalue weighted by molar-refractivity contribution is 0.0602. The molecule has 124 valence electrons. The number of carbonyl (C=O) groups excluding carboxylic acids is 1. The average Bonchev–Trinajstić information content (AvgIpc) is 3.03. The van der Waals surface area contributed by atoms with Crippen LogP contribution in [0.15, 0.2) is 46.7 Å². The van der Waals surface area contributed by atoms with Crippen LogP contribution in [0.25, 0.3) is 0 Å². The number of ether oxygens (including phenoxy) is 1. The van der Waals surface area contributed by atoms with Gasteiger partial charge in [-0.3, -0.25) is 0 Å². The first-order chi connectivity index (χ1) is 10.9. The Balaban J connectivity index is 2.03. The second-order valence-corrected chi connectivity index (χ2v) is 7.75. The van der Waals surface area contributed by atoms with Crippen molar-refractivity contribution in [1.29, 1.82) is 0 Å². The zero-order valence-electron chi connectivity index (χ0n) is 13.0. The van der Waals surface area contributed by atoms with Crippen molar-refractivity contribution in [3.05, 3.63) is 52.2 Å². The molecular weight excluding hydrogens is 334 g/mol. The molecule has 0 saturated carbocycles. The van der Waals surface area contributed by atoms with E-state index in [1.165, 1.54) is 13.2 Å². The summed E-state index contributed by atoms with van der Waals surface area (Å²) in [5.41, 5.74) is 1.16. The van der Waals surface area contributed by atoms with Crippen LogP contribution in [0.2, 0.25) is 0 Å². The van der Waals surface area contributed by atoms with Crippen LogP contribution >= 0.6 is 11.3 Å². The highest BCUT2D eigenvalue weighted by Gasteiger charge is 2.25. The Bertz CT molecular complexity index is 753. The first kappa shape index (κ1) is 17.7. The molecule has 0 aliphatic carbocycles. The minimum absolute atomic E-state index is 0.0269. The third-order valence-electron chi connectivity index (χ3n) is 3.35. The standard InChI is InChI=1S/C16H19NO4S2/c1-12(8-9-13-6-4-3-5-7-13)17-23(19,20)14-10-11-22-15(14)16(18)21-2/h3-7,10-12,17H,8-9H2,1-2H3. The van der Waals surface area contributed by atoms with Crippen LogP contribution in [-0.2, 0) is 21.2 Å². The number of hydrogen-bond acceptors (Lipinski definition) is 5. The van der Waals surface area contributed by atoms with E-state index in [0.29, 0.717) is 6.42 Å². The largest absolute Gasteiger partial charge is 0.465 e. The highest BCUT2D eigenvalue weighted by atomic mass is 32.2. The van der Waals surface area contributed by atoms with E-state index in [0.717, 1.165) is 23.3 Å². The number of benzene rings is 1. The molecule has 0 aliphatic rings. The normalized spacial score (nSPS) is 12.8. The molecule has 2 aromatic rings. The maximum absolute atomic E-state index is 12.4. The fourth-order valence-corrected chi connectivity index (χ4v) is 4.78. The molecule has 1 aromatic heterocycles. The van der Waals surface area contributed by atoms with Gasteiger partial charge in [0.2, 0.25) is 10.0 Å². The number of methoxy groups -OCH3 is 1. The first-order valence-electron chi connectivity index (χ1n) is 7.16. The SMILES string of the molecule is COC(=O)c1sccc1S(=O)(=O)NC(C)CCc1ccccc1. The van der Waals surface area contributed by atoms with E-state index in [1.54, 1.807) is 5.38 Å².